The number of pyridine rings is 1. The van der Waals surface area contributed by atoms with E-state index in [-0.39, 0.29) is 5.41 Å². The van der Waals surface area contributed by atoms with Crippen LogP contribution in [0, 0.1) is 12.3 Å². The van der Waals surface area contributed by atoms with Gasteiger partial charge in [0.1, 0.15) is 7.05 Å². The third kappa shape index (κ3) is 3.54. The lowest BCUT2D eigenvalue weighted by Gasteiger charge is -2.28. The highest BCUT2D eigenvalue weighted by Gasteiger charge is 2.34. The Labute approximate surface area is 220 Å². The number of hydrogen-bond acceptors (Lipinski definition) is 1. The van der Waals surface area contributed by atoms with E-state index in [4.69, 9.17) is 0 Å². The van der Waals surface area contributed by atoms with Crippen LogP contribution in [0.15, 0.2) is 70.6 Å². The Morgan fingerprint density at radius 1 is 0.861 bits per heavy atom. The molecular weight excluding hydrogens is 471 g/mol. The molecule has 6 rings (SSSR count). The molecule has 182 valence electrons. The number of nitrogens with zero attached hydrogens (tertiary/aromatic N) is 1. The molecule has 0 unspecified atom stereocenters. The van der Waals surface area contributed by atoms with Gasteiger partial charge in [-0.2, -0.15) is 0 Å². The summed E-state index contributed by atoms with van der Waals surface area (Å²) in [7, 11) is 0.703. The van der Waals surface area contributed by atoms with Gasteiger partial charge in [-0.25, -0.2) is 4.57 Å². The van der Waals surface area contributed by atoms with Crippen molar-refractivity contribution in [3.63, 3.8) is 0 Å². The highest BCUT2D eigenvalue weighted by Crippen LogP contribution is 2.53. The molecule has 0 aliphatic carbocycles. The largest absolute Gasteiger partial charge is 0.222 e. The Kier molecular flexibility index (Phi) is 5.24. The van der Waals surface area contributed by atoms with Crippen molar-refractivity contribution in [2.45, 2.75) is 63.5 Å². The van der Waals surface area contributed by atoms with Crippen molar-refractivity contribution in [3.05, 3.63) is 71.9 Å². The van der Waals surface area contributed by atoms with Gasteiger partial charge in [-0.1, -0.05) is 99.8 Å². The minimum Gasteiger partial charge on any atom is -0.200 e. The van der Waals surface area contributed by atoms with Crippen LogP contribution in [0.1, 0.15) is 31.9 Å². The van der Waals surface area contributed by atoms with E-state index < -0.39 is 8.07 Å². The summed E-state index contributed by atoms with van der Waals surface area (Å²) in [5.74, 6) is 0. The molecule has 0 spiro atoms. The maximum atomic E-state index is 2.48. The van der Waals surface area contributed by atoms with Gasteiger partial charge in [0, 0.05) is 21.2 Å². The molecule has 0 saturated carbocycles. The molecule has 0 bridgehead atoms. The van der Waals surface area contributed by atoms with Crippen LogP contribution in [0.4, 0.5) is 0 Å². The Morgan fingerprint density at radius 3 is 2.28 bits per heavy atom. The summed E-state index contributed by atoms with van der Waals surface area (Å²) in [6.07, 6.45) is 3.35. The lowest BCUT2D eigenvalue weighted by molar-refractivity contribution is -0.659. The zero-order chi connectivity index (χ0) is 25.6. The Morgan fingerprint density at radius 2 is 1.58 bits per heavy atom. The smallest absolute Gasteiger partial charge is 0.200 e. The summed E-state index contributed by atoms with van der Waals surface area (Å²) in [5, 5.41) is 10.0. The molecule has 0 fully saturated rings. The van der Waals surface area contributed by atoms with Crippen LogP contribution in [-0.2, 0) is 13.5 Å². The first-order valence-corrected chi connectivity index (χ1v) is 17.4. The average Bonchev–Trinajstić information content (AvgIpc) is 2.81. The van der Waals surface area contributed by atoms with Crippen molar-refractivity contribution in [1.82, 2.24) is 0 Å². The van der Waals surface area contributed by atoms with Crippen molar-refractivity contribution in [3.8, 4) is 11.3 Å². The second-order valence-corrected chi connectivity index (χ2v) is 18.9. The molecule has 0 saturated heterocycles. The van der Waals surface area contributed by atoms with Crippen LogP contribution in [0.3, 0.4) is 0 Å². The van der Waals surface area contributed by atoms with E-state index in [0.717, 1.165) is 6.42 Å². The minimum atomic E-state index is -1.52. The fourth-order valence-electron chi connectivity index (χ4n) is 6.18. The van der Waals surface area contributed by atoms with Crippen LogP contribution in [-0.4, -0.2) is 8.07 Å². The molecule has 1 aliphatic rings. The second kappa shape index (κ2) is 7.94. The predicted octanol–water partition coefficient (Wildman–Crippen LogP) is 8.54. The Bertz CT molecular complexity index is 1720. The highest BCUT2D eigenvalue weighted by molar-refractivity contribution is 8.00. The predicted molar refractivity (Wildman–Crippen MR) is 161 cm³/mol. The first-order chi connectivity index (χ1) is 17.0. The average molecular weight is 507 g/mol. The fraction of sp³-hybridized carbons (Fsp3) is 0.303. The summed E-state index contributed by atoms with van der Waals surface area (Å²) >= 11 is 2.01. The Balaban J connectivity index is 1.82. The molecular formula is C33H36NSSi+. The van der Waals surface area contributed by atoms with E-state index in [0.29, 0.717) is 0 Å². The van der Waals surface area contributed by atoms with Gasteiger partial charge < -0.3 is 0 Å². The number of hydrogen-bond donors (Lipinski definition) is 0. The number of benzene rings is 4. The van der Waals surface area contributed by atoms with Crippen molar-refractivity contribution >= 4 is 57.3 Å². The van der Waals surface area contributed by atoms with Gasteiger partial charge in [0.2, 0.25) is 5.69 Å². The summed E-state index contributed by atoms with van der Waals surface area (Å²) in [5.41, 5.74) is 5.92. The zero-order valence-electron chi connectivity index (χ0n) is 22.8. The van der Waals surface area contributed by atoms with Gasteiger partial charge in [0.05, 0.1) is 19.0 Å². The van der Waals surface area contributed by atoms with Crippen LogP contribution in [0.25, 0.3) is 43.6 Å². The lowest BCUT2D eigenvalue weighted by Crippen LogP contribution is -2.38. The van der Waals surface area contributed by atoms with Crippen molar-refractivity contribution in [1.29, 1.82) is 0 Å². The molecule has 1 aliphatic heterocycles. The van der Waals surface area contributed by atoms with E-state index in [1.54, 1.807) is 5.19 Å². The van der Waals surface area contributed by atoms with E-state index in [2.05, 4.69) is 120 Å². The van der Waals surface area contributed by atoms with Gasteiger partial charge in [-0.3, -0.25) is 0 Å². The molecule has 4 aromatic carbocycles. The van der Waals surface area contributed by atoms with E-state index in [9.17, 15) is 0 Å². The maximum absolute atomic E-state index is 2.48. The number of aromatic nitrogens is 1. The highest BCUT2D eigenvalue weighted by atomic mass is 32.2. The standard InChI is InChI=1S/C33H36NSSi/c1-20-22-13-9-10-14-23(22)25(19-33(2,3)4)32-28(20)31-30-24(16-17-34(31)5)29-21(18-26(30)35-32)12-11-15-27(29)36(6,7)8/h9-18H,19H2,1-8H3/q+1. The topological polar surface area (TPSA) is 3.88 Å². The number of fused-ring (bicyclic) bond motifs is 5. The van der Waals surface area contributed by atoms with Gasteiger partial charge in [0.25, 0.3) is 0 Å². The van der Waals surface area contributed by atoms with Gasteiger partial charge in [0.15, 0.2) is 6.20 Å². The van der Waals surface area contributed by atoms with Gasteiger partial charge >= 0.3 is 0 Å². The fourth-order valence-corrected chi connectivity index (χ4v) is 9.18. The minimum absolute atomic E-state index is 0.205. The summed E-state index contributed by atoms with van der Waals surface area (Å²) in [6.45, 7) is 16.8. The molecule has 1 aromatic heterocycles. The molecule has 1 nitrogen and oxygen atoms in total. The first-order valence-electron chi connectivity index (χ1n) is 13.1. The summed E-state index contributed by atoms with van der Waals surface area (Å²) < 4.78 is 2.37. The summed E-state index contributed by atoms with van der Waals surface area (Å²) in [6, 6.07) is 20.9. The van der Waals surface area contributed by atoms with E-state index in [1.807, 2.05) is 11.8 Å². The lowest BCUT2D eigenvalue weighted by atomic mass is 9.83. The van der Waals surface area contributed by atoms with E-state index >= 15 is 0 Å². The second-order valence-electron chi connectivity index (χ2n) is 12.8. The van der Waals surface area contributed by atoms with Crippen LogP contribution in [0.2, 0.25) is 19.6 Å². The van der Waals surface area contributed by atoms with Gasteiger partial charge in [-0.15, -0.1) is 0 Å². The number of rotatable bonds is 2. The van der Waals surface area contributed by atoms with Crippen LogP contribution < -0.4 is 9.75 Å². The normalized spacial score (nSPS) is 13.6. The molecule has 3 heteroatoms. The van der Waals surface area contributed by atoms with Crippen LogP contribution in [0.5, 0.6) is 0 Å². The van der Waals surface area contributed by atoms with Crippen molar-refractivity contribution in [2.24, 2.45) is 12.5 Å². The van der Waals surface area contributed by atoms with Gasteiger partial charge in [-0.05, 0) is 57.5 Å². The van der Waals surface area contributed by atoms with E-state index in [1.165, 1.54) is 64.5 Å². The zero-order valence-corrected chi connectivity index (χ0v) is 24.7. The molecule has 5 aromatic rings. The molecule has 2 heterocycles. The molecule has 0 radical (unpaired) electrons. The van der Waals surface area contributed by atoms with Crippen LogP contribution >= 0.6 is 11.8 Å². The molecule has 0 N–H and O–H groups in total. The van der Waals surface area contributed by atoms with Crippen molar-refractivity contribution < 1.29 is 4.57 Å². The Hall–Kier alpha value is -2.62. The SMILES string of the molecule is Cc1c2c(c(CC(C)(C)C)c3ccccc13)Sc1cc3cccc([Si](C)(C)C)c3c3cc[n+](C)c-2c13. The summed E-state index contributed by atoms with van der Waals surface area (Å²) in [4.78, 5) is 2.85. The molecule has 36 heavy (non-hydrogen) atoms. The molecule has 0 amide bonds. The molecule has 0 atom stereocenters. The number of aryl methyl sites for hydroxylation is 2. The first kappa shape index (κ1) is 23.8. The monoisotopic (exact) mass is 506 g/mol. The third-order valence-corrected chi connectivity index (χ3v) is 10.9. The maximum Gasteiger partial charge on any atom is 0.222 e. The third-order valence-electron chi connectivity index (χ3n) is 7.72. The quantitative estimate of drug-likeness (QED) is 0.129. The van der Waals surface area contributed by atoms with Crippen molar-refractivity contribution in [2.75, 3.05) is 0 Å².